The van der Waals surface area contributed by atoms with Gasteiger partial charge in [0.25, 0.3) is 0 Å². The number of carbonyl (C=O) groups is 1. The van der Waals surface area contributed by atoms with E-state index in [1.807, 2.05) is 36.6 Å². The summed E-state index contributed by atoms with van der Waals surface area (Å²) in [6.45, 7) is 8.38. The lowest BCUT2D eigenvalue weighted by molar-refractivity contribution is -0.142. The summed E-state index contributed by atoms with van der Waals surface area (Å²) < 4.78 is 7.25. The predicted octanol–water partition coefficient (Wildman–Crippen LogP) is 4.38. The molecule has 0 saturated carbocycles. The van der Waals surface area contributed by atoms with Crippen LogP contribution in [-0.2, 0) is 9.53 Å². The Kier molecular flexibility index (Phi) is 6.46. The highest BCUT2D eigenvalue weighted by Crippen LogP contribution is 2.31. The maximum absolute atomic E-state index is 12.2. The molecule has 0 radical (unpaired) electrons. The Morgan fingerprint density at radius 3 is 2.57 bits per heavy atom. The smallest absolute Gasteiger partial charge is 0.319 e. The van der Waals surface area contributed by atoms with E-state index in [4.69, 9.17) is 4.74 Å². The van der Waals surface area contributed by atoms with Gasteiger partial charge in [-0.1, -0.05) is 24.8 Å². The second-order valence-corrected chi connectivity index (χ2v) is 7.88. The van der Waals surface area contributed by atoms with Crippen molar-refractivity contribution in [3.8, 4) is 17.1 Å². The summed E-state index contributed by atoms with van der Waals surface area (Å²) in [5, 5.41) is 9.04. The van der Waals surface area contributed by atoms with E-state index >= 15 is 0 Å². The highest BCUT2D eigenvalue weighted by atomic mass is 32.2. The molecule has 0 saturated heterocycles. The number of esters is 1. The molecule has 0 fully saturated rings. The monoisotopic (exact) mass is 396 g/mol. The van der Waals surface area contributed by atoms with Crippen LogP contribution in [0.15, 0.2) is 47.9 Å². The highest BCUT2D eigenvalue weighted by molar-refractivity contribution is 8.00. The largest absolute Gasteiger partial charge is 0.465 e. The molecule has 0 aliphatic carbocycles. The van der Waals surface area contributed by atoms with Gasteiger partial charge in [0.15, 0.2) is 11.0 Å². The van der Waals surface area contributed by atoms with Crippen LogP contribution in [0.25, 0.3) is 17.1 Å². The van der Waals surface area contributed by atoms with Crippen LogP contribution in [0.2, 0.25) is 0 Å². The molecule has 3 aromatic rings. The molecule has 1 unspecified atom stereocenters. The van der Waals surface area contributed by atoms with Crippen molar-refractivity contribution in [2.24, 2.45) is 0 Å². The number of aromatic nitrogens is 4. The molecule has 1 aromatic carbocycles. The normalized spacial score (nSPS) is 12.0. The van der Waals surface area contributed by atoms with Gasteiger partial charge in [0, 0.05) is 18.0 Å². The lowest BCUT2D eigenvalue weighted by atomic mass is 10.1. The van der Waals surface area contributed by atoms with Gasteiger partial charge in [0.1, 0.15) is 5.25 Å². The van der Waals surface area contributed by atoms with E-state index in [9.17, 15) is 4.79 Å². The third kappa shape index (κ3) is 4.42. The summed E-state index contributed by atoms with van der Waals surface area (Å²) in [7, 11) is 0. The van der Waals surface area contributed by atoms with Crippen LogP contribution in [0, 0.1) is 13.8 Å². The average molecular weight is 397 g/mol. The van der Waals surface area contributed by atoms with E-state index in [2.05, 4.69) is 41.2 Å². The number of pyridine rings is 1. The van der Waals surface area contributed by atoms with Gasteiger partial charge in [-0.25, -0.2) is 0 Å². The van der Waals surface area contributed by atoms with E-state index in [1.165, 1.54) is 22.9 Å². The van der Waals surface area contributed by atoms with Crippen LogP contribution in [0.4, 0.5) is 0 Å². The summed E-state index contributed by atoms with van der Waals surface area (Å²) in [6, 6.07) is 10.0. The van der Waals surface area contributed by atoms with Crippen LogP contribution in [0.5, 0.6) is 0 Å². The molecule has 0 amide bonds. The van der Waals surface area contributed by atoms with Crippen molar-refractivity contribution in [3.63, 3.8) is 0 Å². The van der Waals surface area contributed by atoms with Crippen LogP contribution in [0.1, 0.15) is 31.4 Å². The number of benzene rings is 1. The fraction of sp³-hybridized carbons (Fsp3) is 0.333. The maximum atomic E-state index is 12.2. The molecule has 0 bridgehead atoms. The third-order valence-corrected chi connectivity index (χ3v) is 5.40. The lowest BCUT2D eigenvalue weighted by Gasteiger charge is -2.14. The molecule has 146 valence electrons. The molecule has 6 nitrogen and oxygen atoms in total. The summed E-state index contributed by atoms with van der Waals surface area (Å²) in [5.41, 5.74) is 4.26. The van der Waals surface area contributed by atoms with Crippen molar-refractivity contribution in [3.05, 3.63) is 53.9 Å². The van der Waals surface area contributed by atoms with Gasteiger partial charge in [0.05, 0.1) is 12.3 Å². The van der Waals surface area contributed by atoms with Crippen molar-refractivity contribution < 1.29 is 9.53 Å². The first-order valence-electron chi connectivity index (χ1n) is 9.28. The SMILES string of the molecule is CCCOC(=O)C(C)Sc1nnc(-c2ccncc2)n1-c1ccc(C)c(C)c1. The topological polar surface area (TPSA) is 69.9 Å². The van der Waals surface area contributed by atoms with Crippen molar-refractivity contribution in [2.75, 3.05) is 6.61 Å². The number of carbonyl (C=O) groups excluding carboxylic acids is 1. The van der Waals surface area contributed by atoms with Gasteiger partial charge in [-0.05, 0) is 62.6 Å². The number of hydrogen-bond donors (Lipinski definition) is 0. The molecule has 1 atom stereocenters. The summed E-state index contributed by atoms with van der Waals surface area (Å²) >= 11 is 1.35. The van der Waals surface area contributed by atoms with Gasteiger partial charge < -0.3 is 4.74 Å². The third-order valence-electron chi connectivity index (χ3n) is 4.38. The predicted molar refractivity (Wildman–Crippen MR) is 111 cm³/mol. The fourth-order valence-electron chi connectivity index (χ4n) is 2.66. The molecule has 0 spiro atoms. The maximum Gasteiger partial charge on any atom is 0.319 e. The van der Waals surface area contributed by atoms with E-state index in [0.29, 0.717) is 17.6 Å². The van der Waals surface area contributed by atoms with Crippen molar-refractivity contribution in [1.29, 1.82) is 0 Å². The Morgan fingerprint density at radius 1 is 1.14 bits per heavy atom. The Labute approximate surface area is 169 Å². The molecule has 2 aromatic heterocycles. The molecule has 2 heterocycles. The molecular formula is C21H24N4O2S. The first kappa shape index (κ1) is 20.1. The minimum atomic E-state index is -0.383. The summed E-state index contributed by atoms with van der Waals surface area (Å²) in [6.07, 6.45) is 4.26. The fourth-order valence-corrected chi connectivity index (χ4v) is 3.52. The van der Waals surface area contributed by atoms with E-state index < -0.39 is 0 Å². The molecular weight excluding hydrogens is 372 g/mol. The summed E-state index contributed by atoms with van der Waals surface area (Å²) in [4.78, 5) is 16.3. The van der Waals surface area contributed by atoms with Gasteiger partial charge in [-0.3, -0.25) is 14.3 Å². The van der Waals surface area contributed by atoms with E-state index in [-0.39, 0.29) is 11.2 Å². The Bertz CT molecular complexity index is 956. The lowest BCUT2D eigenvalue weighted by Crippen LogP contribution is -2.18. The molecule has 7 heteroatoms. The second kappa shape index (κ2) is 9.01. The molecule has 28 heavy (non-hydrogen) atoms. The van der Waals surface area contributed by atoms with Crippen LogP contribution in [0.3, 0.4) is 0 Å². The zero-order chi connectivity index (χ0) is 20.1. The number of aryl methyl sites for hydroxylation is 2. The number of ether oxygens (including phenoxy) is 1. The van der Waals surface area contributed by atoms with Crippen molar-refractivity contribution in [2.45, 2.75) is 44.5 Å². The number of rotatable bonds is 7. The van der Waals surface area contributed by atoms with Gasteiger partial charge in [-0.2, -0.15) is 0 Å². The first-order valence-corrected chi connectivity index (χ1v) is 10.2. The highest BCUT2D eigenvalue weighted by Gasteiger charge is 2.22. The van der Waals surface area contributed by atoms with Gasteiger partial charge in [0.2, 0.25) is 0 Å². The van der Waals surface area contributed by atoms with Crippen LogP contribution in [-0.4, -0.2) is 37.6 Å². The van der Waals surface area contributed by atoms with Crippen LogP contribution < -0.4 is 0 Å². The number of hydrogen-bond acceptors (Lipinski definition) is 6. The average Bonchev–Trinajstić information content (AvgIpc) is 3.12. The van der Waals surface area contributed by atoms with E-state index in [1.54, 1.807) is 12.4 Å². The van der Waals surface area contributed by atoms with Gasteiger partial charge >= 0.3 is 5.97 Å². The van der Waals surface area contributed by atoms with Crippen molar-refractivity contribution >= 4 is 17.7 Å². The Morgan fingerprint density at radius 2 is 1.89 bits per heavy atom. The summed E-state index contributed by atoms with van der Waals surface area (Å²) in [5.74, 6) is 0.467. The Hall–Kier alpha value is -2.67. The zero-order valence-electron chi connectivity index (χ0n) is 16.5. The zero-order valence-corrected chi connectivity index (χ0v) is 17.4. The quantitative estimate of drug-likeness (QED) is 0.436. The van der Waals surface area contributed by atoms with Crippen LogP contribution >= 0.6 is 11.8 Å². The molecule has 0 N–H and O–H groups in total. The standard InChI is InChI=1S/C21H24N4O2S/c1-5-12-27-20(26)16(4)28-21-24-23-19(17-8-10-22-11-9-17)25(21)18-7-6-14(2)15(3)13-18/h6-11,13,16H,5,12H2,1-4H3. The minimum Gasteiger partial charge on any atom is -0.465 e. The minimum absolute atomic E-state index is 0.244. The van der Waals surface area contributed by atoms with E-state index in [0.717, 1.165) is 17.7 Å². The molecule has 3 rings (SSSR count). The van der Waals surface area contributed by atoms with Gasteiger partial charge in [-0.15, -0.1) is 10.2 Å². The Balaban J connectivity index is 2.02. The molecule has 0 aliphatic rings. The second-order valence-electron chi connectivity index (χ2n) is 6.57. The molecule has 0 aliphatic heterocycles. The van der Waals surface area contributed by atoms with Crippen molar-refractivity contribution in [1.82, 2.24) is 19.7 Å². The first-order chi connectivity index (χ1) is 13.5. The number of nitrogens with zero attached hydrogens (tertiary/aromatic N) is 4. The number of thioether (sulfide) groups is 1.